The number of nitrogens with one attached hydrogen (secondary N) is 3. The van der Waals surface area contributed by atoms with E-state index in [4.69, 9.17) is 4.42 Å². The van der Waals surface area contributed by atoms with E-state index < -0.39 is 0 Å². The molecule has 6 nitrogen and oxygen atoms in total. The average Bonchev–Trinajstić information content (AvgIpc) is 3.01. The Kier molecular flexibility index (Phi) is 6.60. The Bertz CT molecular complexity index is 840. The van der Waals surface area contributed by atoms with Crippen molar-refractivity contribution in [2.75, 3.05) is 7.05 Å². The number of para-hydroxylation sites is 1. The number of carbonyl (C=O) groups is 1. The van der Waals surface area contributed by atoms with Crippen LogP contribution in [0.3, 0.4) is 0 Å². The molecule has 152 valence electrons. The van der Waals surface area contributed by atoms with Crippen LogP contribution in [0.25, 0.3) is 11.0 Å². The third-order valence-corrected chi connectivity index (χ3v) is 5.40. The first-order valence-corrected chi connectivity index (χ1v) is 10.2. The summed E-state index contributed by atoms with van der Waals surface area (Å²) >= 11 is 0. The van der Waals surface area contributed by atoms with Gasteiger partial charge in [0.1, 0.15) is 11.3 Å². The molecule has 1 aromatic heterocycles. The van der Waals surface area contributed by atoms with Crippen LogP contribution in [0.2, 0.25) is 0 Å². The third kappa shape index (κ3) is 4.86. The number of hydrogen-bond acceptors (Lipinski definition) is 3. The predicted molar refractivity (Wildman–Crippen MR) is 113 cm³/mol. The minimum atomic E-state index is 0.0735. The second-order valence-corrected chi connectivity index (χ2v) is 7.94. The number of benzene rings is 1. The van der Waals surface area contributed by atoms with E-state index in [1.807, 2.05) is 32.0 Å². The smallest absolute Gasteiger partial charge is 0.223 e. The SMILES string of the molecule is CN=C(NCc1oc2ccccc2c1C)NC1CCCC(C(=O)NC(C)C)C1. The highest BCUT2D eigenvalue weighted by molar-refractivity contribution is 5.83. The lowest BCUT2D eigenvalue weighted by atomic mass is 9.85. The zero-order valence-electron chi connectivity index (χ0n) is 17.3. The van der Waals surface area contributed by atoms with Crippen LogP contribution in [0.5, 0.6) is 0 Å². The fourth-order valence-electron chi connectivity index (χ4n) is 3.91. The van der Waals surface area contributed by atoms with E-state index in [2.05, 4.69) is 33.9 Å². The number of rotatable bonds is 5. The predicted octanol–water partition coefficient (Wildman–Crippen LogP) is 3.49. The maximum atomic E-state index is 12.3. The highest BCUT2D eigenvalue weighted by Crippen LogP contribution is 2.26. The maximum absolute atomic E-state index is 12.3. The third-order valence-electron chi connectivity index (χ3n) is 5.40. The van der Waals surface area contributed by atoms with Gasteiger partial charge in [0.2, 0.25) is 5.91 Å². The molecule has 1 aromatic carbocycles. The standard InChI is InChI=1S/C22H32N4O2/c1-14(2)25-21(27)16-8-7-9-17(12-16)26-22(23-4)24-13-20-15(3)18-10-5-6-11-19(18)28-20/h5-6,10-11,14,16-17H,7-9,12-13H2,1-4H3,(H,25,27)(H2,23,24,26). The zero-order chi connectivity index (χ0) is 20.1. The normalized spacial score (nSPS) is 20.4. The van der Waals surface area contributed by atoms with E-state index in [0.29, 0.717) is 6.54 Å². The summed E-state index contributed by atoms with van der Waals surface area (Å²) in [5.74, 6) is 1.91. The molecule has 0 saturated heterocycles. The summed E-state index contributed by atoms with van der Waals surface area (Å²) in [5.41, 5.74) is 2.06. The van der Waals surface area contributed by atoms with E-state index >= 15 is 0 Å². The quantitative estimate of drug-likeness (QED) is 0.545. The Morgan fingerprint density at radius 1 is 1.29 bits per heavy atom. The Morgan fingerprint density at radius 2 is 2.07 bits per heavy atom. The van der Waals surface area contributed by atoms with Gasteiger partial charge in [0.25, 0.3) is 0 Å². The molecule has 6 heteroatoms. The minimum Gasteiger partial charge on any atom is -0.459 e. The molecule has 28 heavy (non-hydrogen) atoms. The highest BCUT2D eigenvalue weighted by Gasteiger charge is 2.28. The number of nitrogens with zero attached hydrogens (tertiary/aromatic N) is 1. The van der Waals surface area contributed by atoms with Crippen molar-refractivity contribution in [3.63, 3.8) is 0 Å². The molecule has 1 aliphatic carbocycles. The fourth-order valence-corrected chi connectivity index (χ4v) is 3.91. The summed E-state index contributed by atoms with van der Waals surface area (Å²) < 4.78 is 5.97. The van der Waals surface area contributed by atoms with E-state index in [0.717, 1.165) is 53.9 Å². The summed E-state index contributed by atoms with van der Waals surface area (Å²) in [5, 5.41) is 11.0. The molecule has 0 radical (unpaired) electrons. The molecule has 1 heterocycles. The van der Waals surface area contributed by atoms with Crippen molar-refractivity contribution in [3.8, 4) is 0 Å². The summed E-state index contributed by atoms with van der Waals surface area (Å²) in [6.07, 6.45) is 3.90. The van der Waals surface area contributed by atoms with Gasteiger partial charge in [0.05, 0.1) is 6.54 Å². The molecular weight excluding hydrogens is 352 g/mol. The summed E-state index contributed by atoms with van der Waals surface area (Å²) in [4.78, 5) is 16.7. The number of hydrogen-bond donors (Lipinski definition) is 3. The highest BCUT2D eigenvalue weighted by atomic mass is 16.3. The van der Waals surface area contributed by atoms with Gasteiger partial charge in [-0.2, -0.15) is 0 Å². The molecular formula is C22H32N4O2. The molecule has 2 unspecified atom stereocenters. The van der Waals surface area contributed by atoms with Crippen LogP contribution in [0, 0.1) is 12.8 Å². The lowest BCUT2D eigenvalue weighted by molar-refractivity contribution is -0.126. The first-order valence-electron chi connectivity index (χ1n) is 10.2. The topological polar surface area (TPSA) is 78.7 Å². The Hall–Kier alpha value is -2.50. The lowest BCUT2D eigenvalue weighted by Gasteiger charge is -2.30. The minimum absolute atomic E-state index is 0.0735. The molecule has 0 spiro atoms. The number of guanidine groups is 1. The van der Waals surface area contributed by atoms with Gasteiger partial charge in [-0.05, 0) is 46.1 Å². The molecule has 0 bridgehead atoms. The summed E-state index contributed by atoms with van der Waals surface area (Å²) in [6.45, 7) is 6.66. The average molecular weight is 385 g/mol. The number of amides is 1. The molecule has 2 atom stereocenters. The van der Waals surface area contributed by atoms with Gasteiger partial charge >= 0.3 is 0 Å². The van der Waals surface area contributed by atoms with Crippen LogP contribution in [0.15, 0.2) is 33.7 Å². The van der Waals surface area contributed by atoms with Gasteiger partial charge in [-0.3, -0.25) is 9.79 Å². The van der Waals surface area contributed by atoms with Crippen molar-refractivity contribution in [3.05, 3.63) is 35.6 Å². The van der Waals surface area contributed by atoms with Gasteiger partial charge in [0, 0.05) is 36.0 Å². The molecule has 3 N–H and O–H groups in total. The van der Waals surface area contributed by atoms with Crippen LogP contribution in [-0.2, 0) is 11.3 Å². The zero-order valence-corrected chi connectivity index (χ0v) is 17.3. The van der Waals surface area contributed by atoms with Crippen LogP contribution in [0.4, 0.5) is 0 Å². The van der Waals surface area contributed by atoms with E-state index in [9.17, 15) is 4.79 Å². The molecule has 1 amide bonds. The number of furan rings is 1. The monoisotopic (exact) mass is 384 g/mol. The van der Waals surface area contributed by atoms with Crippen molar-refractivity contribution in [1.29, 1.82) is 0 Å². The second kappa shape index (κ2) is 9.13. The number of aliphatic imine (C=N–C) groups is 1. The van der Waals surface area contributed by atoms with Crippen LogP contribution < -0.4 is 16.0 Å². The largest absolute Gasteiger partial charge is 0.459 e. The van der Waals surface area contributed by atoms with Crippen molar-refractivity contribution in [1.82, 2.24) is 16.0 Å². The van der Waals surface area contributed by atoms with Crippen LogP contribution >= 0.6 is 0 Å². The van der Waals surface area contributed by atoms with Crippen LogP contribution in [-0.4, -0.2) is 31.0 Å². The fraction of sp³-hybridized carbons (Fsp3) is 0.545. The van der Waals surface area contributed by atoms with Gasteiger partial charge in [0.15, 0.2) is 5.96 Å². The summed E-state index contributed by atoms with van der Waals surface area (Å²) in [7, 11) is 1.77. The molecule has 1 fully saturated rings. The number of fused-ring (bicyclic) bond motifs is 1. The number of aryl methyl sites for hydroxylation is 1. The molecule has 2 aromatic rings. The van der Waals surface area contributed by atoms with Crippen LogP contribution in [0.1, 0.15) is 50.9 Å². The molecule has 0 aliphatic heterocycles. The van der Waals surface area contributed by atoms with E-state index in [-0.39, 0.29) is 23.9 Å². The van der Waals surface area contributed by atoms with Crippen molar-refractivity contribution >= 4 is 22.8 Å². The Balaban J connectivity index is 1.56. The molecule has 3 rings (SSSR count). The van der Waals surface area contributed by atoms with Gasteiger partial charge in [-0.1, -0.05) is 24.6 Å². The van der Waals surface area contributed by atoms with E-state index in [1.54, 1.807) is 7.05 Å². The van der Waals surface area contributed by atoms with Gasteiger partial charge < -0.3 is 20.4 Å². The first-order chi connectivity index (χ1) is 13.5. The molecule has 1 saturated carbocycles. The first kappa shape index (κ1) is 20.2. The van der Waals surface area contributed by atoms with E-state index in [1.165, 1.54) is 0 Å². The maximum Gasteiger partial charge on any atom is 0.223 e. The van der Waals surface area contributed by atoms with Crippen molar-refractivity contribution < 1.29 is 9.21 Å². The second-order valence-electron chi connectivity index (χ2n) is 7.94. The van der Waals surface area contributed by atoms with Gasteiger partial charge in [-0.15, -0.1) is 0 Å². The van der Waals surface area contributed by atoms with Crippen molar-refractivity contribution in [2.45, 2.75) is 65.1 Å². The Morgan fingerprint density at radius 3 is 2.79 bits per heavy atom. The summed E-state index contributed by atoms with van der Waals surface area (Å²) in [6, 6.07) is 8.51. The lowest BCUT2D eigenvalue weighted by Crippen LogP contribution is -2.47. The number of carbonyl (C=O) groups excluding carboxylic acids is 1. The van der Waals surface area contributed by atoms with Crippen molar-refractivity contribution in [2.24, 2.45) is 10.9 Å². The Labute approximate surface area is 167 Å². The molecule has 1 aliphatic rings. The van der Waals surface area contributed by atoms with Gasteiger partial charge in [-0.25, -0.2) is 0 Å².